The molecule has 0 spiro atoms. The molecule has 5 nitrogen and oxygen atoms in total. The van der Waals surface area contributed by atoms with Crippen molar-refractivity contribution in [2.45, 2.75) is 6.92 Å². The van der Waals surface area contributed by atoms with Crippen LogP contribution >= 0.6 is 11.6 Å². The number of nitrogens with zero attached hydrogens (tertiary/aromatic N) is 2. The van der Waals surface area contributed by atoms with Crippen LogP contribution in [0.1, 0.15) is 5.69 Å². The summed E-state index contributed by atoms with van der Waals surface area (Å²) in [6.45, 7) is 1.95. The average molecular weight is 366 g/mol. The summed E-state index contributed by atoms with van der Waals surface area (Å²) in [6, 6.07) is 14.7. The van der Waals surface area contributed by atoms with E-state index in [1.807, 2.05) is 31.2 Å². The van der Waals surface area contributed by atoms with E-state index in [0.29, 0.717) is 22.0 Å². The molecule has 2 aliphatic rings. The molecule has 2 heterocycles. The molecule has 26 heavy (non-hydrogen) atoms. The maximum Gasteiger partial charge on any atom is 0.282 e. The molecule has 0 aliphatic carbocycles. The van der Waals surface area contributed by atoms with Crippen molar-refractivity contribution in [3.63, 3.8) is 0 Å². The van der Waals surface area contributed by atoms with E-state index in [2.05, 4.69) is 10.1 Å². The van der Waals surface area contributed by atoms with Crippen LogP contribution in [-0.4, -0.2) is 21.9 Å². The van der Waals surface area contributed by atoms with Crippen LogP contribution < -0.4 is 10.3 Å². The molecule has 4 rings (SSSR count). The molecule has 1 N–H and O–H groups in total. The van der Waals surface area contributed by atoms with E-state index in [0.717, 1.165) is 22.6 Å². The van der Waals surface area contributed by atoms with Crippen molar-refractivity contribution >= 4 is 11.6 Å². The van der Waals surface area contributed by atoms with Gasteiger partial charge >= 0.3 is 0 Å². The molecular formula is C20H16ClN3O2. The average Bonchev–Trinajstić information content (AvgIpc) is 2.99. The molecule has 0 aromatic heterocycles. The summed E-state index contributed by atoms with van der Waals surface area (Å²) in [7, 11) is 1.63. The number of methoxy groups -OCH3 is 1. The third-order valence-electron chi connectivity index (χ3n) is 4.37. The second-order valence-electron chi connectivity index (χ2n) is 5.94. The lowest BCUT2D eigenvalue weighted by Crippen LogP contribution is -2.14. The monoisotopic (exact) mass is 365 g/mol. The first-order valence-electron chi connectivity index (χ1n) is 8.10. The molecule has 0 saturated carbocycles. The summed E-state index contributed by atoms with van der Waals surface area (Å²) in [5.41, 5.74) is 4.27. The Hall–Kier alpha value is -3.05. The highest BCUT2D eigenvalue weighted by molar-refractivity contribution is 6.30. The van der Waals surface area contributed by atoms with Gasteiger partial charge in [-0.1, -0.05) is 29.8 Å². The largest absolute Gasteiger partial charge is 0.496 e. The number of H-pyrrole nitrogens is 1. The van der Waals surface area contributed by atoms with Gasteiger partial charge in [-0.2, -0.15) is 9.78 Å². The normalized spacial score (nSPS) is 11.0. The highest BCUT2D eigenvalue weighted by Gasteiger charge is 2.23. The highest BCUT2D eigenvalue weighted by Crippen LogP contribution is 2.37. The van der Waals surface area contributed by atoms with Gasteiger partial charge in [-0.15, -0.1) is 0 Å². The first-order chi connectivity index (χ1) is 12.6. The molecule has 6 heteroatoms. The topological polar surface area (TPSA) is 59.9 Å². The van der Waals surface area contributed by atoms with Gasteiger partial charge in [0.15, 0.2) is 0 Å². The zero-order valence-corrected chi connectivity index (χ0v) is 15.0. The second kappa shape index (κ2) is 6.35. The number of halogens is 1. The number of nitrogens with one attached hydrogen (secondary N) is 1. The fourth-order valence-corrected chi connectivity index (χ4v) is 3.22. The van der Waals surface area contributed by atoms with Crippen LogP contribution in [0.2, 0.25) is 5.02 Å². The van der Waals surface area contributed by atoms with E-state index < -0.39 is 0 Å². The van der Waals surface area contributed by atoms with Gasteiger partial charge in [0.25, 0.3) is 5.56 Å². The first kappa shape index (κ1) is 16.4. The quantitative estimate of drug-likeness (QED) is 0.588. The summed E-state index contributed by atoms with van der Waals surface area (Å²) in [4.78, 5) is 16.1. The summed E-state index contributed by atoms with van der Waals surface area (Å²) >= 11 is 5.95. The van der Waals surface area contributed by atoms with E-state index in [-0.39, 0.29) is 5.56 Å². The number of ether oxygens (including phenoxy) is 1. The Morgan fingerprint density at radius 3 is 2.54 bits per heavy atom. The zero-order valence-electron chi connectivity index (χ0n) is 14.3. The van der Waals surface area contributed by atoms with E-state index in [1.54, 1.807) is 37.6 Å². The van der Waals surface area contributed by atoms with Crippen molar-refractivity contribution in [3.05, 3.63) is 75.8 Å². The number of hydrogen-bond acceptors (Lipinski definition) is 3. The predicted molar refractivity (Wildman–Crippen MR) is 103 cm³/mol. The third-order valence-corrected chi connectivity index (χ3v) is 4.62. The lowest BCUT2D eigenvalue weighted by Gasteiger charge is -2.13. The number of hydrogen-bond donors (Lipinski definition) is 1. The molecule has 2 aromatic rings. The van der Waals surface area contributed by atoms with Gasteiger partial charge < -0.3 is 9.72 Å². The second-order valence-corrected chi connectivity index (χ2v) is 6.38. The Kier molecular flexibility index (Phi) is 4.01. The maximum atomic E-state index is 12.9. The molecule has 2 aliphatic heterocycles. The minimum absolute atomic E-state index is 0.185. The van der Waals surface area contributed by atoms with Crippen molar-refractivity contribution in [2.75, 3.05) is 7.11 Å². The Labute approximate surface area is 155 Å². The standard InChI is InChI=1S/C20H16ClN3O2/c1-12-18(15-5-3-4-6-17(15)26-2)19-16(11-22-12)20(25)24(23-19)14-9-7-13(21)8-10-14/h3-11,22H,1-2H3. The van der Waals surface area contributed by atoms with Gasteiger partial charge in [0.05, 0.1) is 18.4 Å². The van der Waals surface area contributed by atoms with Crippen LogP contribution in [0.3, 0.4) is 0 Å². The molecule has 0 saturated heterocycles. The fraction of sp³-hybridized carbons (Fsp3) is 0.100. The van der Waals surface area contributed by atoms with Gasteiger partial charge in [-0.25, -0.2) is 0 Å². The maximum absolute atomic E-state index is 12.9. The summed E-state index contributed by atoms with van der Waals surface area (Å²) in [5.74, 6) is 0.727. The molecule has 0 unspecified atom stereocenters. The summed E-state index contributed by atoms with van der Waals surface area (Å²) in [6.07, 6.45) is 1.70. The number of pyridine rings is 1. The van der Waals surface area contributed by atoms with Crippen molar-refractivity contribution in [1.29, 1.82) is 0 Å². The fourth-order valence-electron chi connectivity index (χ4n) is 3.10. The minimum atomic E-state index is -0.185. The van der Waals surface area contributed by atoms with Crippen LogP contribution in [0.25, 0.3) is 28.1 Å². The van der Waals surface area contributed by atoms with Crippen molar-refractivity contribution in [3.8, 4) is 33.8 Å². The number of para-hydroxylation sites is 1. The number of fused-ring (bicyclic) bond motifs is 1. The van der Waals surface area contributed by atoms with E-state index >= 15 is 0 Å². The first-order valence-corrected chi connectivity index (χ1v) is 8.48. The Morgan fingerprint density at radius 2 is 1.81 bits per heavy atom. The van der Waals surface area contributed by atoms with Gasteiger partial charge in [0.1, 0.15) is 11.4 Å². The van der Waals surface area contributed by atoms with Crippen molar-refractivity contribution in [1.82, 2.24) is 14.8 Å². The minimum Gasteiger partial charge on any atom is -0.496 e. The lowest BCUT2D eigenvalue weighted by molar-refractivity contribution is 0.416. The molecule has 0 bridgehead atoms. The SMILES string of the molecule is COc1ccccc1-c1c2nn(-c3ccc(Cl)cc3)c(=O)c-2c[nH]c1C. The van der Waals surface area contributed by atoms with Gasteiger partial charge in [-0.3, -0.25) is 4.79 Å². The Balaban J connectivity index is 2.01. The van der Waals surface area contributed by atoms with E-state index in [9.17, 15) is 4.79 Å². The molecular weight excluding hydrogens is 350 g/mol. The molecule has 0 radical (unpaired) electrons. The number of rotatable bonds is 3. The van der Waals surface area contributed by atoms with Gasteiger partial charge in [0, 0.05) is 28.0 Å². The van der Waals surface area contributed by atoms with Crippen molar-refractivity contribution in [2.24, 2.45) is 0 Å². The zero-order chi connectivity index (χ0) is 18.3. The highest BCUT2D eigenvalue weighted by atomic mass is 35.5. The van der Waals surface area contributed by atoms with Crippen LogP contribution in [0, 0.1) is 6.92 Å². The van der Waals surface area contributed by atoms with Crippen LogP contribution in [0.15, 0.2) is 59.5 Å². The third kappa shape index (κ3) is 2.57. The summed E-state index contributed by atoms with van der Waals surface area (Å²) in [5, 5.41) is 5.22. The van der Waals surface area contributed by atoms with Crippen LogP contribution in [-0.2, 0) is 0 Å². The summed E-state index contributed by atoms with van der Waals surface area (Å²) < 4.78 is 6.89. The lowest BCUT2D eigenvalue weighted by atomic mass is 9.98. The number of aromatic amines is 1. The van der Waals surface area contributed by atoms with Crippen LogP contribution in [0.5, 0.6) is 5.75 Å². The van der Waals surface area contributed by atoms with Gasteiger partial charge in [-0.05, 0) is 37.3 Å². The van der Waals surface area contributed by atoms with Gasteiger partial charge in [0.2, 0.25) is 0 Å². The van der Waals surface area contributed by atoms with E-state index in [1.165, 1.54) is 4.68 Å². The molecule has 0 fully saturated rings. The number of aromatic nitrogens is 3. The van der Waals surface area contributed by atoms with E-state index in [4.69, 9.17) is 16.3 Å². The molecule has 130 valence electrons. The Morgan fingerprint density at radius 1 is 1.08 bits per heavy atom. The van der Waals surface area contributed by atoms with Crippen LogP contribution in [0.4, 0.5) is 0 Å². The smallest absolute Gasteiger partial charge is 0.282 e. The molecule has 0 atom stereocenters. The molecule has 2 aromatic carbocycles. The van der Waals surface area contributed by atoms with Crippen molar-refractivity contribution < 1.29 is 4.74 Å². The Bertz CT molecular complexity index is 1110. The molecule has 0 amide bonds. The number of benzene rings is 2. The number of aryl methyl sites for hydroxylation is 1. The predicted octanol–water partition coefficient (Wildman–Crippen LogP) is 4.30.